The summed E-state index contributed by atoms with van der Waals surface area (Å²) in [5.74, 6) is 2.25. The molecule has 0 fully saturated rings. The van der Waals surface area contributed by atoms with Crippen LogP contribution in [0.15, 0.2) is 64.5 Å². The third-order valence-corrected chi connectivity index (χ3v) is 6.44. The van der Waals surface area contributed by atoms with Crippen molar-refractivity contribution >= 4 is 15.7 Å². The van der Waals surface area contributed by atoms with Gasteiger partial charge in [0.1, 0.15) is 34.6 Å². The number of aromatic amines is 1. The average molecular weight is 499 g/mol. The van der Waals surface area contributed by atoms with Crippen LogP contribution < -0.4 is 9.47 Å². The van der Waals surface area contributed by atoms with E-state index in [1.165, 1.54) is 18.4 Å². The molecule has 9 heteroatoms. The first kappa shape index (κ1) is 24.8. The third kappa shape index (κ3) is 6.23. The van der Waals surface area contributed by atoms with Crippen molar-refractivity contribution in [2.75, 3.05) is 26.5 Å². The highest BCUT2D eigenvalue weighted by atomic mass is 32.2. The van der Waals surface area contributed by atoms with Gasteiger partial charge in [-0.3, -0.25) is 0 Å². The fourth-order valence-electron chi connectivity index (χ4n) is 3.66. The summed E-state index contributed by atoms with van der Waals surface area (Å²) in [5, 5.41) is 0. The molecule has 1 N–H and O–H groups in total. The fraction of sp³-hybridized carbons (Fsp3) is 0.346. The number of hydrogen-bond donors (Lipinski definition) is 1. The van der Waals surface area contributed by atoms with Crippen molar-refractivity contribution in [1.82, 2.24) is 4.98 Å². The number of nitrogens with one attached hydrogen (secondary N) is 1. The Balaban J connectivity index is 1.64. The normalized spacial score (nSPS) is 15.9. The molecule has 0 amide bonds. The van der Waals surface area contributed by atoms with E-state index in [9.17, 15) is 8.42 Å². The zero-order valence-electron chi connectivity index (χ0n) is 20.5. The van der Waals surface area contributed by atoms with Crippen LogP contribution in [0.25, 0.3) is 11.3 Å². The predicted molar refractivity (Wildman–Crippen MR) is 134 cm³/mol. The van der Waals surface area contributed by atoms with Crippen molar-refractivity contribution < 1.29 is 27.4 Å². The van der Waals surface area contributed by atoms with Gasteiger partial charge in [-0.1, -0.05) is 0 Å². The maximum Gasteiger partial charge on any atom is 0.233 e. The number of benzene rings is 2. The van der Waals surface area contributed by atoms with Gasteiger partial charge in [-0.05, 0) is 69.3 Å². The SMILES string of the molecule is COC[C@H](C)Oc1cc(Oc2ccc(S(C)(=O)=O)cc2)cc(-c2ccc(C3=NCC(C)(C)O3)[nH]2)c1. The summed E-state index contributed by atoms with van der Waals surface area (Å²) in [6.07, 6.45) is 1.00. The second-order valence-corrected chi connectivity index (χ2v) is 11.2. The van der Waals surface area contributed by atoms with Gasteiger partial charge >= 0.3 is 0 Å². The van der Waals surface area contributed by atoms with E-state index in [0.717, 1.165) is 17.0 Å². The summed E-state index contributed by atoms with van der Waals surface area (Å²) in [7, 11) is -1.66. The van der Waals surface area contributed by atoms with E-state index in [0.29, 0.717) is 36.3 Å². The van der Waals surface area contributed by atoms with Crippen molar-refractivity contribution in [3.05, 3.63) is 60.3 Å². The molecule has 0 bridgehead atoms. The average Bonchev–Trinajstić information content (AvgIpc) is 3.40. The number of ether oxygens (including phenoxy) is 4. The minimum atomic E-state index is -3.28. The van der Waals surface area contributed by atoms with Crippen molar-refractivity contribution in [1.29, 1.82) is 0 Å². The number of H-pyrrole nitrogens is 1. The minimum Gasteiger partial charge on any atom is -0.488 e. The highest BCUT2D eigenvalue weighted by molar-refractivity contribution is 7.90. The number of nitrogens with zero attached hydrogens (tertiary/aromatic N) is 1. The van der Waals surface area contributed by atoms with Gasteiger partial charge in [-0.2, -0.15) is 0 Å². The summed E-state index contributed by atoms with van der Waals surface area (Å²) in [5.41, 5.74) is 2.17. The molecule has 0 aliphatic carbocycles. The van der Waals surface area contributed by atoms with E-state index in [1.54, 1.807) is 25.3 Å². The van der Waals surface area contributed by atoms with Crippen LogP contribution in [-0.4, -0.2) is 57.5 Å². The van der Waals surface area contributed by atoms with E-state index < -0.39 is 9.84 Å². The van der Waals surface area contributed by atoms with E-state index in [4.69, 9.17) is 18.9 Å². The van der Waals surface area contributed by atoms with Crippen LogP contribution in [0.4, 0.5) is 0 Å². The molecular formula is C26H30N2O6S. The lowest BCUT2D eigenvalue weighted by Crippen LogP contribution is -2.24. The van der Waals surface area contributed by atoms with Crippen LogP contribution in [-0.2, 0) is 19.3 Å². The minimum absolute atomic E-state index is 0.167. The molecule has 2 aromatic carbocycles. The van der Waals surface area contributed by atoms with Crippen molar-refractivity contribution in [2.45, 2.75) is 37.4 Å². The molecule has 1 aliphatic rings. The number of rotatable bonds is 9. The molecule has 2 heterocycles. The smallest absolute Gasteiger partial charge is 0.233 e. The molecule has 0 radical (unpaired) electrons. The molecule has 186 valence electrons. The Kier molecular flexibility index (Phi) is 6.91. The van der Waals surface area contributed by atoms with E-state index >= 15 is 0 Å². The molecule has 1 atom stereocenters. The van der Waals surface area contributed by atoms with Crippen molar-refractivity contribution in [3.8, 4) is 28.5 Å². The van der Waals surface area contributed by atoms with E-state index in [2.05, 4.69) is 9.98 Å². The second kappa shape index (κ2) is 9.75. The van der Waals surface area contributed by atoms with Gasteiger partial charge in [0, 0.05) is 30.7 Å². The second-order valence-electron chi connectivity index (χ2n) is 9.19. The quantitative estimate of drug-likeness (QED) is 0.453. The van der Waals surface area contributed by atoms with Gasteiger partial charge in [0.15, 0.2) is 9.84 Å². The maximum absolute atomic E-state index is 11.7. The molecule has 1 aliphatic heterocycles. The first-order chi connectivity index (χ1) is 16.5. The van der Waals surface area contributed by atoms with Crippen LogP contribution in [0.5, 0.6) is 17.2 Å². The molecule has 0 spiro atoms. The summed E-state index contributed by atoms with van der Waals surface area (Å²) in [6.45, 7) is 6.97. The molecular weight excluding hydrogens is 468 g/mol. The lowest BCUT2D eigenvalue weighted by atomic mass is 10.1. The van der Waals surface area contributed by atoms with Gasteiger partial charge in [0.05, 0.1) is 18.0 Å². The molecule has 0 saturated heterocycles. The van der Waals surface area contributed by atoms with Crippen LogP contribution in [0.3, 0.4) is 0 Å². The van der Waals surface area contributed by atoms with Crippen LogP contribution in [0.1, 0.15) is 26.5 Å². The Labute approximate surface area is 205 Å². The van der Waals surface area contributed by atoms with Crippen LogP contribution in [0.2, 0.25) is 0 Å². The van der Waals surface area contributed by atoms with Gasteiger partial charge < -0.3 is 23.9 Å². The van der Waals surface area contributed by atoms with E-state index in [-0.39, 0.29) is 16.6 Å². The largest absolute Gasteiger partial charge is 0.488 e. The number of hydrogen-bond acceptors (Lipinski definition) is 7. The third-order valence-electron chi connectivity index (χ3n) is 5.31. The summed E-state index contributed by atoms with van der Waals surface area (Å²) >= 11 is 0. The maximum atomic E-state index is 11.7. The Morgan fingerprint density at radius 1 is 1.03 bits per heavy atom. The Hall–Kier alpha value is -3.30. The Morgan fingerprint density at radius 3 is 2.34 bits per heavy atom. The molecule has 3 aromatic rings. The molecule has 0 saturated carbocycles. The highest BCUT2D eigenvalue weighted by Crippen LogP contribution is 2.33. The Morgan fingerprint density at radius 2 is 1.71 bits per heavy atom. The van der Waals surface area contributed by atoms with E-state index in [1.807, 2.05) is 45.0 Å². The first-order valence-corrected chi connectivity index (χ1v) is 13.1. The summed E-state index contributed by atoms with van der Waals surface area (Å²) in [6, 6.07) is 15.8. The summed E-state index contributed by atoms with van der Waals surface area (Å²) in [4.78, 5) is 8.10. The standard InChI is InChI=1S/C26H30N2O6S/c1-17(15-31-4)32-20-12-18(23-10-11-24(28-23)25-27-16-26(2,3)34-25)13-21(14-20)33-19-6-8-22(9-7-19)35(5,29)30/h6-14,17,28H,15-16H2,1-5H3/t17-/m0/s1. The highest BCUT2D eigenvalue weighted by Gasteiger charge is 2.29. The molecule has 4 rings (SSSR count). The van der Waals surface area contributed by atoms with Gasteiger partial charge in [0.25, 0.3) is 0 Å². The summed E-state index contributed by atoms with van der Waals surface area (Å²) < 4.78 is 46.7. The Bertz CT molecular complexity index is 1330. The molecule has 8 nitrogen and oxygen atoms in total. The van der Waals surface area contributed by atoms with Crippen LogP contribution >= 0.6 is 0 Å². The molecule has 0 unspecified atom stereocenters. The number of methoxy groups -OCH3 is 1. The fourth-order valence-corrected chi connectivity index (χ4v) is 4.29. The van der Waals surface area contributed by atoms with Crippen LogP contribution in [0, 0.1) is 0 Å². The van der Waals surface area contributed by atoms with Crippen molar-refractivity contribution in [3.63, 3.8) is 0 Å². The van der Waals surface area contributed by atoms with Crippen molar-refractivity contribution in [2.24, 2.45) is 4.99 Å². The predicted octanol–water partition coefficient (Wildman–Crippen LogP) is 4.85. The lowest BCUT2D eigenvalue weighted by molar-refractivity contribution is 0.0920. The monoisotopic (exact) mass is 498 g/mol. The first-order valence-electron chi connectivity index (χ1n) is 11.2. The zero-order valence-corrected chi connectivity index (χ0v) is 21.3. The lowest BCUT2D eigenvalue weighted by Gasteiger charge is -2.17. The van der Waals surface area contributed by atoms with Gasteiger partial charge in [0.2, 0.25) is 5.90 Å². The number of aliphatic imine (C=N–C) groups is 1. The molecule has 35 heavy (non-hydrogen) atoms. The van der Waals surface area contributed by atoms with Gasteiger partial charge in [-0.25, -0.2) is 13.4 Å². The van der Waals surface area contributed by atoms with Gasteiger partial charge in [-0.15, -0.1) is 0 Å². The zero-order chi connectivity index (χ0) is 25.2. The number of aromatic nitrogens is 1. The topological polar surface area (TPSA) is 99.2 Å². The molecule has 1 aromatic heterocycles. The number of sulfone groups is 1.